The molecule has 132 valence electrons. The van der Waals surface area contributed by atoms with Crippen LogP contribution in [0.5, 0.6) is 5.75 Å². The summed E-state index contributed by atoms with van der Waals surface area (Å²) in [5, 5.41) is 0. The Labute approximate surface area is 146 Å². The summed E-state index contributed by atoms with van der Waals surface area (Å²) in [6.07, 6.45) is 2.68. The zero-order chi connectivity index (χ0) is 17.4. The molecule has 5 heteroatoms. The first-order valence-corrected chi connectivity index (χ1v) is 8.81. The molecule has 2 unspecified atom stereocenters. The number of ether oxygens (including phenoxy) is 1. The fourth-order valence-corrected chi connectivity index (χ4v) is 4.05. The number of halogens is 2. The predicted molar refractivity (Wildman–Crippen MR) is 92.4 cm³/mol. The lowest BCUT2D eigenvalue weighted by Crippen LogP contribution is -2.49. The molecule has 3 nitrogen and oxygen atoms in total. The number of hydrogen-bond acceptors (Lipinski definition) is 3. The van der Waals surface area contributed by atoms with Crippen LogP contribution in [-0.2, 0) is 6.42 Å². The topological polar surface area (TPSA) is 38.5 Å². The summed E-state index contributed by atoms with van der Waals surface area (Å²) >= 11 is 0. The van der Waals surface area contributed by atoms with Crippen LogP contribution in [0.4, 0.5) is 8.78 Å². The number of hydrogen-bond donors (Lipinski definition) is 1. The second kappa shape index (κ2) is 6.73. The lowest BCUT2D eigenvalue weighted by molar-refractivity contribution is 0.0570. The van der Waals surface area contributed by atoms with Crippen LogP contribution in [0, 0.1) is 11.6 Å². The standard InChI is InChI=1S/C20H22F2N2O/c21-14-7-8-19(17(22)11-14)25-20-16-6-2-1-4-13(16)10-18(20)24-9-3-5-15(23)12-24/h1-2,4,6-8,11,15,18,20H,3,5,9-10,12,23H2/t15-,18?,20?/m1/s1. The first-order valence-electron chi connectivity index (χ1n) is 8.81. The third-order valence-electron chi connectivity index (χ3n) is 5.25. The van der Waals surface area contributed by atoms with Gasteiger partial charge in [0, 0.05) is 18.7 Å². The lowest BCUT2D eigenvalue weighted by atomic mass is 10.0. The van der Waals surface area contributed by atoms with Crippen molar-refractivity contribution in [3.63, 3.8) is 0 Å². The molecule has 1 saturated heterocycles. The maximum atomic E-state index is 14.1. The van der Waals surface area contributed by atoms with E-state index in [4.69, 9.17) is 10.5 Å². The Bertz CT molecular complexity index is 767. The summed E-state index contributed by atoms with van der Waals surface area (Å²) < 4.78 is 33.4. The van der Waals surface area contributed by atoms with Gasteiger partial charge in [0.1, 0.15) is 11.9 Å². The van der Waals surface area contributed by atoms with E-state index in [9.17, 15) is 8.78 Å². The largest absolute Gasteiger partial charge is 0.481 e. The highest BCUT2D eigenvalue weighted by Gasteiger charge is 2.39. The Balaban J connectivity index is 1.65. The average Bonchev–Trinajstić information content (AvgIpc) is 2.96. The minimum atomic E-state index is -0.668. The van der Waals surface area contributed by atoms with Crippen molar-refractivity contribution in [2.24, 2.45) is 5.73 Å². The van der Waals surface area contributed by atoms with Crippen LogP contribution >= 0.6 is 0 Å². The van der Waals surface area contributed by atoms with Crippen molar-refractivity contribution in [1.29, 1.82) is 0 Å². The first kappa shape index (κ1) is 16.5. The zero-order valence-corrected chi connectivity index (χ0v) is 14.0. The Hall–Kier alpha value is -1.98. The fraction of sp³-hybridized carbons (Fsp3) is 0.400. The second-order valence-electron chi connectivity index (χ2n) is 6.98. The highest BCUT2D eigenvalue weighted by Crippen LogP contribution is 2.39. The number of likely N-dealkylation sites (tertiary alicyclic amines) is 1. The van der Waals surface area contributed by atoms with Gasteiger partial charge in [0.15, 0.2) is 11.6 Å². The van der Waals surface area contributed by atoms with Gasteiger partial charge in [-0.25, -0.2) is 8.78 Å². The van der Waals surface area contributed by atoms with Crippen LogP contribution in [0.3, 0.4) is 0 Å². The first-order chi connectivity index (χ1) is 12.1. The van der Waals surface area contributed by atoms with Crippen LogP contribution in [0.15, 0.2) is 42.5 Å². The van der Waals surface area contributed by atoms with E-state index in [1.165, 1.54) is 17.7 Å². The molecule has 0 radical (unpaired) electrons. The maximum absolute atomic E-state index is 14.1. The lowest BCUT2D eigenvalue weighted by Gasteiger charge is -2.38. The quantitative estimate of drug-likeness (QED) is 0.927. The van der Waals surface area contributed by atoms with Gasteiger partial charge >= 0.3 is 0 Å². The van der Waals surface area contributed by atoms with Gasteiger partial charge in [-0.3, -0.25) is 4.90 Å². The smallest absolute Gasteiger partial charge is 0.168 e. The molecule has 4 rings (SSSR count). The van der Waals surface area contributed by atoms with E-state index in [-0.39, 0.29) is 23.9 Å². The molecule has 1 aliphatic carbocycles. The number of rotatable bonds is 3. The molecule has 2 aromatic rings. The van der Waals surface area contributed by atoms with E-state index < -0.39 is 11.6 Å². The molecule has 0 spiro atoms. The molecule has 0 saturated carbocycles. The second-order valence-corrected chi connectivity index (χ2v) is 6.98. The molecule has 1 fully saturated rings. The van der Waals surface area contributed by atoms with E-state index >= 15 is 0 Å². The van der Waals surface area contributed by atoms with Crippen LogP contribution in [0.25, 0.3) is 0 Å². The van der Waals surface area contributed by atoms with Crippen molar-refractivity contribution in [2.45, 2.75) is 37.5 Å². The zero-order valence-electron chi connectivity index (χ0n) is 14.0. The number of fused-ring (bicyclic) bond motifs is 1. The van der Waals surface area contributed by atoms with Gasteiger partial charge < -0.3 is 10.5 Å². The van der Waals surface area contributed by atoms with Gasteiger partial charge in [-0.15, -0.1) is 0 Å². The normalized spacial score (nSPS) is 26.4. The van der Waals surface area contributed by atoms with E-state index in [0.29, 0.717) is 0 Å². The maximum Gasteiger partial charge on any atom is 0.168 e. The minimum Gasteiger partial charge on any atom is -0.481 e. The number of nitrogens with zero attached hydrogens (tertiary/aromatic N) is 1. The third kappa shape index (κ3) is 3.26. The summed E-state index contributed by atoms with van der Waals surface area (Å²) in [7, 11) is 0. The minimum absolute atomic E-state index is 0.0920. The third-order valence-corrected chi connectivity index (χ3v) is 5.25. The molecule has 0 aromatic heterocycles. The summed E-state index contributed by atoms with van der Waals surface area (Å²) in [5.41, 5.74) is 8.45. The average molecular weight is 344 g/mol. The molecule has 0 amide bonds. The van der Waals surface area contributed by atoms with Crippen LogP contribution in [0.2, 0.25) is 0 Å². The Morgan fingerprint density at radius 1 is 1.12 bits per heavy atom. The Kier molecular flexibility index (Phi) is 4.44. The molecule has 1 aliphatic heterocycles. The fourth-order valence-electron chi connectivity index (χ4n) is 4.05. The summed E-state index contributed by atoms with van der Waals surface area (Å²) in [6.45, 7) is 1.79. The van der Waals surface area contributed by atoms with Crippen LogP contribution < -0.4 is 10.5 Å². The van der Waals surface area contributed by atoms with E-state index in [1.807, 2.05) is 18.2 Å². The number of piperidine rings is 1. The van der Waals surface area contributed by atoms with Gasteiger partial charge in [-0.1, -0.05) is 24.3 Å². The summed E-state index contributed by atoms with van der Waals surface area (Å²) in [4.78, 5) is 2.36. The van der Waals surface area contributed by atoms with E-state index in [2.05, 4.69) is 11.0 Å². The molecule has 25 heavy (non-hydrogen) atoms. The van der Waals surface area contributed by atoms with Crippen molar-refractivity contribution in [2.75, 3.05) is 13.1 Å². The van der Waals surface area contributed by atoms with Crippen molar-refractivity contribution >= 4 is 0 Å². The van der Waals surface area contributed by atoms with Gasteiger partial charge in [0.2, 0.25) is 0 Å². The molecular weight excluding hydrogens is 322 g/mol. The predicted octanol–water partition coefficient (Wildman–Crippen LogP) is 3.43. The highest BCUT2D eigenvalue weighted by molar-refractivity contribution is 5.38. The van der Waals surface area contributed by atoms with Crippen LogP contribution in [0.1, 0.15) is 30.1 Å². The molecule has 3 atom stereocenters. The Morgan fingerprint density at radius 3 is 2.76 bits per heavy atom. The highest BCUT2D eigenvalue weighted by atomic mass is 19.1. The van der Waals surface area contributed by atoms with E-state index in [1.54, 1.807) is 0 Å². The Morgan fingerprint density at radius 2 is 1.96 bits per heavy atom. The van der Waals surface area contributed by atoms with E-state index in [0.717, 1.165) is 44.0 Å². The number of benzene rings is 2. The SMILES string of the molecule is N[C@@H]1CCCN(C2Cc3ccccc3C2Oc2ccc(F)cc2F)C1. The van der Waals surface area contributed by atoms with Gasteiger partial charge in [-0.05, 0) is 49.1 Å². The molecule has 0 bridgehead atoms. The van der Waals surface area contributed by atoms with Gasteiger partial charge in [0.05, 0.1) is 6.04 Å². The van der Waals surface area contributed by atoms with Gasteiger partial charge in [-0.2, -0.15) is 0 Å². The summed E-state index contributed by atoms with van der Waals surface area (Å²) in [6, 6.07) is 11.9. The monoisotopic (exact) mass is 344 g/mol. The van der Waals surface area contributed by atoms with Crippen molar-refractivity contribution in [3.8, 4) is 5.75 Å². The molecule has 2 aromatic carbocycles. The molecule has 2 aliphatic rings. The number of nitrogens with two attached hydrogens (primary N) is 1. The molecule has 1 heterocycles. The van der Waals surface area contributed by atoms with Gasteiger partial charge in [0.25, 0.3) is 0 Å². The molecular formula is C20H22F2N2O. The van der Waals surface area contributed by atoms with Crippen LogP contribution in [-0.4, -0.2) is 30.1 Å². The van der Waals surface area contributed by atoms with Crippen molar-refractivity contribution < 1.29 is 13.5 Å². The van der Waals surface area contributed by atoms with Crippen molar-refractivity contribution in [1.82, 2.24) is 4.90 Å². The van der Waals surface area contributed by atoms with Crippen molar-refractivity contribution in [3.05, 3.63) is 65.2 Å². The molecule has 2 N–H and O–H groups in total. The summed E-state index contributed by atoms with van der Waals surface area (Å²) in [5.74, 6) is -1.18.